The molecule has 1 atom stereocenters. The Labute approximate surface area is 194 Å². The van der Waals surface area contributed by atoms with E-state index in [1.54, 1.807) is 18.9 Å². The van der Waals surface area contributed by atoms with Crippen LogP contribution in [0.2, 0.25) is 0 Å². The second kappa shape index (κ2) is 10.4. The summed E-state index contributed by atoms with van der Waals surface area (Å²) in [5, 5.41) is 7.68. The van der Waals surface area contributed by atoms with Crippen LogP contribution in [0.3, 0.4) is 0 Å². The smallest absolute Gasteiger partial charge is 0.230 e. The summed E-state index contributed by atoms with van der Waals surface area (Å²) in [5.41, 5.74) is 4.03. The number of amides is 1. The van der Waals surface area contributed by atoms with E-state index in [1.165, 1.54) is 0 Å². The van der Waals surface area contributed by atoms with Gasteiger partial charge in [-0.05, 0) is 23.8 Å². The standard InChI is InChI=1S/C26H30N4O3/c1-29-16-21-17-30(14-6-8-20-7-4-5-9-24(20)33-3)18-23(25(21)28-29)26(31)27-15-19-10-12-22(32-2)13-11-19/h4-13,16,23H,14-15,17-18H2,1-3H3,(H,27,31). The van der Waals surface area contributed by atoms with Crippen LogP contribution in [0, 0.1) is 0 Å². The largest absolute Gasteiger partial charge is 0.497 e. The summed E-state index contributed by atoms with van der Waals surface area (Å²) < 4.78 is 12.4. The van der Waals surface area contributed by atoms with Gasteiger partial charge >= 0.3 is 0 Å². The molecule has 0 fully saturated rings. The van der Waals surface area contributed by atoms with Gasteiger partial charge in [-0.2, -0.15) is 5.10 Å². The fourth-order valence-electron chi connectivity index (χ4n) is 4.15. The van der Waals surface area contributed by atoms with Crippen LogP contribution in [0.4, 0.5) is 0 Å². The highest BCUT2D eigenvalue weighted by Gasteiger charge is 2.32. The number of hydrogen-bond acceptors (Lipinski definition) is 5. The molecule has 0 radical (unpaired) electrons. The van der Waals surface area contributed by atoms with E-state index < -0.39 is 0 Å². The molecule has 1 unspecified atom stereocenters. The molecule has 7 heteroatoms. The van der Waals surface area contributed by atoms with Crippen molar-refractivity contribution < 1.29 is 14.3 Å². The first-order chi connectivity index (χ1) is 16.1. The summed E-state index contributed by atoms with van der Waals surface area (Å²) in [6.45, 7) is 2.58. The number of aromatic nitrogens is 2. The van der Waals surface area contributed by atoms with Gasteiger partial charge in [0.2, 0.25) is 5.91 Å². The summed E-state index contributed by atoms with van der Waals surface area (Å²) in [5.74, 6) is 1.32. The van der Waals surface area contributed by atoms with E-state index in [4.69, 9.17) is 9.47 Å². The molecule has 0 saturated heterocycles. The van der Waals surface area contributed by atoms with Crippen LogP contribution in [0.5, 0.6) is 11.5 Å². The molecule has 1 N–H and O–H groups in total. The molecular weight excluding hydrogens is 416 g/mol. The van der Waals surface area contributed by atoms with Crippen molar-refractivity contribution in [3.05, 3.63) is 83.2 Å². The number of para-hydroxylation sites is 1. The maximum Gasteiger partial charge on any atom is 0.230 e. The summed E-state index contributed by atoms with van der Waals surface area (Å²) in [6, 6.07) is 15.6. The van der Waals surface area contributed by atoms with E-state index in [9.17, 15) is 4.79 Å². The van der Waals surface area contributed by atoms with Gasteiger partial charge in [0.05, 0.1) is 25.8 Å². The number of hydrogen-bond donors (Lipinski definition) is 1. The molecule has 1 aliphatic rings. The van der Waals surface area contributed by atoms with Crippen molar-refractivity contribution in [2.75, 3.05) is 27.3 Å². The number of benzene rings is 2. The molecular formula is C26H30N4O3. The second-order valence-corrected chi connectivity index (χ2v) is 8.17. The van der Waals surface area contributed by atoms with E-state index in [0.717, 1.165) is 47.0 Å². The minimum atomic E-state index is -0.312. The first kappa shape index (κ1) is 22.6. The Morgan fingerprint density at radius 2 is 1.94 bits per heavy atom. The maximum atomic E-state index is 13.1. The van der Waals surface area contributed by atoms with E-state index in [0.29, 0.717) is 13.1 Å². The highest BCUT2D eigenvalue weighted by Crippen LogP contribution is 2.28. The number of fused-ring (bicyclic) bond motifs is 1. The predicted molar refractivity (Wildman–Crippen MR) is 128 cm³/mol. The zero-order chi connectivity index (χ0) is 23.2. The lowest BCUT2D eigenvalue weighted by atomic mass is 9.95. The Morgan fingerprint density at radius 3 is 2.70 bits per heavy atom. The fraction of sp³-hybridized carbons (Fsp3) is 0.308. The van der Waals surface area contributed by atoms with Crippen LogP contribution in [0.1, 0.15) is 28.3 Å². The Kier molecular flexibility index (Phi) is 7.10. The second-order valence-electron chi connectivity index (χ2n) is 8.17. The van der Waals surface area contributed by atoms with Crippen molar-refractivity contribution in [1.82, 2.24) is 20.0 Å². The Balaban J connectivity index is 1.43. The highest BCUT2D eigenvalue weighted by molar-refractivity contribution is 5.84. The molecule has 4 rings (SSSR count). The van der Waals surface area contributed by atoms with Gasteiger partial charge in [-0.1, -0.05) is 42.5 Å². The lowest BCUT2D eigenvalue weighted by Crippen LogP contribution is -2.41. The van der Waals surface area contributed by atoms with Gasteiger partial charge < -0.3 is 14.8 Å². The van der Waals surface area contributed by atoms with Crippen molar-refractivity contribution in [1.29, 1.82) is 0 Å². The number of aryl methyl sites for hydroxylation is 1. The van der Waals surface area contributed by atoms with Crippen LogP contribution >= 0.6 is 0 Å². The topological polar surface area (TPSA) is 68.6 Å². The molecule has 33 heavy (non-hydrogen) atoms. The first-order valence-electron chi connectivity index (χ1n) is 11.0. The fourth-order valence-corrected chi connectivity index (χ4v) is 4.15. The van der Waals surface area contributed by atoms with Crippen LogP contribution in [0.25, 0.3) is 6.08 Å². The van der Waals surface area contributed by atoms with Crippen molar-refractivity contribution in [3.63, 3.8) is 0 Å². The molecule has 1 aliphatic heterocycles. The zero-order valence-electron chi connectivity index (χ0n) is 19.3. The third kappa shape index (κ3) is 5.43. The molecule has 7 nitrogen and oxygen atoms in total. The lowest BCUT2D eigenvalue weighted by molar-refractivity contribution is -0.123. The minimum absolute atomic E-state index is 0.0100. The summed E-state index contributed by atoms with van der Waals surface area (Å²) in [4.78, 5) is 15.4. The molecule has 0 saturated carbocycles. The average molecular weight is 447 g/mol. The third-order valence-electron chi connectivity index (χ3n) is 5.84. The van der Waals surface area contributed by atoms with Crippen molar-refractivity contribution in [2.24, 2.45) is 7.05 Å². The zero-order valence-corrected chi connectivity index (χ0v) is 19.3. The number of carbonyl (C=O) groups excluding carboxylic acids is 1. The number of carbonyl (C=O) groups is 1. The van der Waals surface area contributed by atoms with Crippen LogP contribution in [0.15, 0.2) is 60.8 Å². The molecule has 2 heterocycles. The normalized spacial score (nSPS) is 15.9. The number of rotatable bonds is 8. The summed E-state index contributed by atoms with van der Waals surface area (Å²) in [7, 11) is 5.22. The van der Waals surface area contributed by atoms with Gasteiger partial charge in [-0.3, -0.25) is 14.4 Å². The van der Waals surface area contributed by atoms with Gasteiger partial charge in [0, 0.05) is 50.6 Å². The van der Waals surface area contributed by atoms with E-state index in [2.05, 4.69) is 27.5 Å². The number of ether oxygens (including phenoxy) is 2. The predicted octanol–water partition coefficient (Wildman–Crippen LogP) is 3.37. The minimum Gasteiger partial charge on any atom is -0.497 e. The highest BCUT2D eigenvalue weighted by atomic mass is 16.5. The number of nitrogens with zero attached hydrogens (tertiary/aromatic N) is 3. The van der Waals surface area contributed by atoms with E-state index in [1.807, 2.05) is 61.8 Å². The molecule has 1 aromatic heterocycles. The Morgan fingerprint density at radius 1 is 1.15 bits per heavy atom. The summed E-state index contributed by atoms with van der Waals surface area (Å²) >= 11 is 0. The summed E-state index contributed by atoms with van der Waals surface area (Å²) in [6.07, 6.45) is 6.19. The molecule has 3 aromatic rings. The van der Waals surface area contributed by atoms with Gasteiger partial charge in [-0.25, -0.2) is 0 Å². The molecule has 2 aromatic carbocycles. The number of nitrogens with one attached hydrogen (secondary N) is 1. The van der Waals surface area contributed by atoms with Gasteiger partial charge in [0.1, 0.15) is 11.5 Å². The van der Waals surface area contributed by atoms with E-state index >= 15 is 0 Å². The Hall–Kier alpha value is -3.58. The molecule has 0 spiro atoms. The van der Waals surface area contributed by atoms with Crippen LogP contribution in [-0.2, 0) is 24.9 Å². The maximum absolute atomic E-state index is 13.1. The quantitative estimate of drug-likeness (QED) is 0.575. The van der Waals surface area contributed by atoms with Crippen LogP contribution < -0.4 is 14.8 Å². The molecule has 0 bridgehead atoms. The third-order valence-corrected chi connectivity index (χ3v) is 5.84. The molecule has 0 aliphatic carbocycles. The van der Waals surface area contributed by atoms with Crippen molar-refractivity contribution >= 4 is 12.0 Å². The lowest BCUT2D eigenvalue weighted by Gasteiger charge is -2.30. The Bertz CT molecular complexity index is 1120. The van der Waals surface area contributed by atoms with Gasteiger partial charge in [-0.15, -0.1) is 0 Å². The first-order valence-corrected chi connectivity index (χ1v) is 11.0. The monoisotopic (exact) mass is 446 g/mol. The van der Waals surface area contributed by atoms with Crippen molar-refractivity contribution in [3.8, 4) is 11.5 Å². The molecule has 172 valence electrons. The van der Waals surface area contributed by atoms with Gasteiger partial charge in [0.25, 0.3) is 0 Å². The number of methoxy groups -OCH3 is 2. The average Bonchev–Trinajstić information content (AvgIpc) is 3.22. The molecule has 1 amide bonds. The van der Waals surface area contributed by atoms with Gasteiger partial charge in [0.15, 0.2) is 0 Å². The van der Waals surface area contributed by atoms with Crippen molar-refractivity contribution in [2.45, 2.75) is 19.0 Å². The van der Waals surface area contributed by atoms with Crippen LogP contribution in [-0.4, -0.2) is 47.9 Å². The van der Waals surface area contributed by atoms with E-state index in [-0.39, 0.29) is 11.8 Å². The SMILES string of the molecule is COc1ccc(CNC(=O)C2CN(CC=Cc3ccccc3OC)Cc3cn(C)nc32)cc1.